The number of fused-ring (bicyclic) bond motifs is 1. The van der Waals surface area contributed by atoms with Gasteiger partial charge in [-0.25, -0.2) is 4.79 Å². The van der Waals surface area contributed by atoms with Gasteiger partial charge in [-0.1, -0.05) is 18.2 Å². The Morgan fingerprint density at radius 2 is 1.83 bits per heavy atom. The van der Waals surface area contributed by atoms with Crippen LogP contribution in [0.4, 0.5) is 0 Å². The highest BCUT2D eigenvalue weighted by molar-refractivity contribution is 5.93. The average molecular weight is 325 g/mol. The van der Waals surface area contributed by atoms with Crippen molar-refractivity contribution >= 4 is 5.91 Å². The molecule has 1 fully saturated rings. The van der Waals surface area contributed by atoms with Gasteiger partial charge >= 0.3 is 5.63 Å². The molecule has 1 spiro atoms. The minimum atomic E-state index is -0.446. The first-order chi connectivity index (χ1) is 11.7. The predicted octanol–water partition coefficient (Wildman–Crippen LogP) is 2.64. The van der Waals surface area contributed by atoms with Gasteiger partial charge in [0.2, 0.25) is 0 Å². The maximum absolute atomic E-state index is 12.5. The molecule has 1 amide bonds. The molecule has 0 unspecified atom stereocenters. The van der Waals surface area contributed by atoms with Crippen molar-refractivity contribution in [1.29, 1.82) is 0 Å². The van der Waals surface area contributed by atoms with Crippen molar-refractivity contribution in [1.82, 2.24) is 4.90 Å². The van der Waals surface area contributed by atoms with E-state index in [2.05, 4.69) is 6.07 Å². The summed E-state index contributed by atoms with van der Waals surface area (Å²) in [5.41, 5.74) is 1.08. The molecule has 2 aliphatic rings. The van der Waals surface area contributed by atoms with Gasteiger partial charge in [0.25, 0.3) is 5.91 Å². The lowest BCUT2D eigenvalue weighted by Crippen LogP contribution is -2.51. The number of aryl methyl sites for hydroxylation is 1. The molecular formula is C19H19NO4. The molecule has 124 valence electrons. The topological polar surface area (TPSA) is 59.8 Å². The lowest BCUT2D eigenvalue weighted by atomic mass is 9.83. The highest BCUT2D eigenvalue weighted by Gasteiger charge is 2.40. The number of likely N-dealkylation sites (tertiary alicyclic amines) is 1. The Labute approximate surface area is 139 Å². The first-order valence-electron chi connectivity index (χ1n) is 8.30. The van der Waals surface area contributed by atoms with E-state index in [1.807, 2.05) is 23.1 Å². The summed E-state index contributed by atoms with van der Waals surface area (Å²) in [4.78, 5) is 25.3. The van der Waals surface area contributed by atoms with Crippen LogP contribution >= 0.6 is 0 Å². The van der Waals surface area contributed by atoms with Gasteiger partial charge in [-0.3, -0.25) is 4.79 Å². The normalized spacial score (nSPS) is 18.8. The Kier molecular flexibility index (Phi) is 3.63. The zero-order chi connectivity index (χ0) is 16.6. The molecule has 0 radical (unpaired) electrons. The number of rotatable bonds is 1. The maximum Gasteiger partial charge on any atom is 0.335 e. The molecular weight excluding hydrogens is 306 g/mol. The molecule has 4 rings (SSSR count). The van der Waals surface area contributed by atoms with Crippen LogP contribution in [-0.2, 0) is 6.42 Å². The summed E-state index contributed by atoms with van der Waals surface area (Å²) in [7, 11) is 0. The van der Waals surface area contributed by atoms with Crippen LogP contribution in [0.15, 0.2) is 51.9 Å². The van der Waals surface area contributed by atoms with Crippen LogP contribution in [-0.4, -0.2) is 29.5 Å². The van der Waals surface area contributed by atoms with Crippen LogP contribution in [0.25, 0.3) is 0 Å². The summed E-state index contributed by atoms with van der Waals surface area (Å²) in [6.45, 7) is 1.31. The van der Waals surface area contributed by atoms with Crippen molar-refractivity contribution in [2.75, 3.05) is 13.1 Å². The molecule has 2 aromatic rings. The minimum Gasteiger partial charge on any atom is -0.487 e. The molecule has 1 aromatic carbocycles. The maximum atomic E-state index is 12.5. The summed E-state index contributed by atoms with van der Waals surface area (Å²) < 4.78 is 11.1. The number of hydrogen-bond acceptors (Lipinski definition) is 4. The van der Waals surface area contributed by atoms with Gasteiger partial charge in [-0.2, -0.15) is 0 Å². The van der Waals surface area contributed by atoms with E-state index in [0.717, 1.165) is 31.4 Å². The van der Waals surface area contributed by atoms with Crippen molar-refractivity contribution in [2.45, 2.75) is 31.3 Å². The second-order valence-corrected chi connectivity index (χ2v) is 6.53. The molecule has 0 N–H and O–H groups in total. The number of ether oxygens (including phenoxy) is 1. The Hall–Kier alpha value is -2.56. The second-order valence-electron chi connectivity index (χ2n) is 6.53. The van der Waals surface area contributed by atoms with Crippen molar-refractivity contribution in [3.63, 3.8) is 0 Å². The highest BCUT2D eigenvalue weighted by Crippen LogP contribution is 2.39. The van der Waals surface area contributed by atoms with E-state index in [0.29, 0.717) is 18.7 Å². The molecule has 5 heteroatoms. The molecule has 2 aliphatic heterocycles. The van der Waals surface area contributed by atoms with E-state index in [-0.39, 0.29) is 11.5 Å². The van der Waals surface area contributed by atoms with Crippen LogP contribution in [0, 0.1) is 0 Å². The van der Waals surface area contributed by atoms with Crippen LogP contribution in [0.1, 0.15) is 35.2 Å². The number of carbonyl (C=O) groups excluding carboxylic acids is 1. The molecule has 0 atom stereocenters. The Morgan fingerprint density at radius 1 is 1.04 bits per heavy atom. The number of hydrogen-bond donors (Lipinski definition) is 0. The van der Waals surface area contributed by atoms with Gasteiger partial charge in [-0.05, 0) is 30.5 Å². The highest BCUT2D eigenvalue weighted by atomic mass is 16.5. The summed E-state index contributed by atoms with van der Waals surface area (Å²) in [6.07, 6.45) is 4.90. The zero-order valence-electron chi connectivity index (χ0n) is 13.4. The SMILES string of the molecule is O=C(c1ccc(=O)oc1)N1CCC2(CCc3ccccc3O2)CC1. The molecule has 1 aromatic heterocycles. The third-order valence-corrected chi connectivity index (χ3v) is 5.06. The first kappa shape index (κ1) is 15.0. The van der Waals surface area contributed by atoms with Crippen LogP contribution in [0.3, 0.4) is 0 Å². The minimum absolute atomic E-state index is 0.0928. The average Bonchev–Trinajstić information content (AvgIpc) is 2.62. The second kappa shape index (κ2) is 5.82. The number of benzene rings is 1. The smallest absolute Gasteiger partial charge is 0.335 e. The molecule has 0 saturated carbocycles. The fraction of sp³-hybridized carbons (Fsp3) is 0.368. The molecule has 24 heavy (non-hydrogen) atoms. The lowest BCUT2D eigenvalue weighted by molar-refractivity contribution is -0.0107. The number of nitrogens with zero attached hydrogens (tertiary/aromatic N) is 1. The van der Waals surface area contributed by atoms with E-state index in [1.54, 1.807) is 0 Å². The van der Waals surface area contributed by atoms with Gasteiger partial charge in [0.15, 0.2) is 0 Å². The van der Waals surface area contributed by atoms with Gasteiger partial charge in [0.05, 0.1) is 5.56 Å². The van der Waals surface area contributed by atoms with Crippen LogP contribution in [0.5, 0.6) is 5.75 Å². The summed E-state index contributed by atoms with van der Waals surface area (Å²) in [5.74, 6) is 0.887. The van der Waals surface area contributed by atoms with E-state index in [9.17, 15) is 9.59 Å². The standard InChI is InChI=1S/C19H19NO4/c21-17-6-5-15(13-23-17)18(22)20-11-9-19(10-12-20)8-7-14-3-1-2-4-16(14)24-19/h1-6,13H,7-12H2. The van der Waals surface area contributed by atoms with Crippen molar-refractivity contribution in [3.8, 4) is 5.75 Å². The molecule has 5 nitrogen and oxygen atoms in total. The monoisotopic (exact) mass is 325 g/mol. The quantitative estimate of drug-likeness (QED) is 0.809. The Balaban J connectivity index is 1.45. The zero-order valence-corrected chi connectivity index (χ0v) is 13.4. The third kappa shape index (κ3) is 2.70. The lowest BCUT2D eigenvalue weighted by Gasteiger charge is -2.44. The van der Waals surface area contributed by atoms with Crippen LogP contribution < -0.4 is 10.4 Å². The fourth-order valence-corrected chi connectivity index (χ4v) is 3.59. The van der Waals surface area contributed by atoms with Crippen LogP contribution in [0.2, 0.25) is 0 Å². The van der Waals surface area contributed by atoms with Gasteiger partial charge in [-0.15, -0.1) is 0 Å². The number of para-hydroxylation sites is 1. The molecule has 1 saturated heterocycles. The van der Waals surface area contributed by atoms with E-state index >= 15 is 0 Å². The van der Waals surface area contributed by atoms with Crippen molar-refractivity contribution in [2.24, 2.45) is 0 Å². The first-order valence-corrected chi connectivity index (χ1v) is 8.30. The van der Waals surface area contributed by atoms with Gasteiger partial charge in [0.1, 0.15) is 17.6 Å². The van der Waals surface area contributed by atoms with Gasteiger partial charge in [0, 0.05) is 32.0 Å². The summed E-state index contributed by atoms with van der Waals surface area (Å²) >= 11 is 0. The van der Waals surface area contributed by atoms with Crippen molar-refractivity contribution < 1.29 is 13.9 Å². The number of carbonyl (C=O) groups is 1. The van der Waals surface area contributed by atoms with Gasteiger partial charge < -0.3 is 14.1 Å². The number of amides is 1. The predicted molar refractivity (Wildman–Crippen MR) is 88.2 cm³/mol. The largest absolute Gasteiger partial charge is 0.487 e. The fourth-order valence-electron chi connectivity index (χ4n) is 3.59. The summed E-state index contributed by atoms with van der Waals surface area (Å²) in [5, 5.41) is 0. The number of piperidine rings is 1. The Bertz CT molecular complexity index is 798. The molecule has 0 aliphatic carbocycles. The van der Waals surface area contributed by atoms with Crippen molar-refractivity contribution in [3.05, 3.63) is 64.2 Å². The van der Waals surface area contributed by atoms with E-state index in [4.69, 9.17) is 9.15 Å². The molecule has 0 bridgehead atoms. The molecule has 3 heterocycles. The van der Waals surface area contributed by atoms with E-state index < -0.39 is 5.63 Å². The third-order valence-electron chi connectivity index (χ3n) is 5.06. The van der Waals surface area contributed by atoms with E-state index in [1.165, 1.54) is 24.0 Å². The Morgan fingerprint density at radius 3 is 2.58 bits per heavy atom. The summed E-state index contributed by atoms with van der Waals surface area (Å²) in [6, 6.07) is 11.0.